The first-order valence-corrected chi connectivity index (χ1v) is 14.5. The van der Waals surface area contributed by atoms with E-state index in [2.05, 4.69) is 46.5 Å². The van der Waals surface area contributed by atoms with Gasteiger partial charge in [0.1, 0.15) is 23.9 Å². The number of carbonyl (C=O) groups is 1. The molecule has 0 atom stereocenters. The Labute approximate surface area is 264 Å². The van der Waals surface area contributed by atoms with Crippen LogP contribution < -0.4 is 19.5 Å². The molecule has 7 heteroatoms. The first-order chi connectivity index (χ1) is 22.0. The van der Waals surface area contributed by atoms with Gasteiger partial charge in [-0.25, -0.2) is 4.39 Å². The maximum Gasteiger partial charge on any atom is 0.320 e. The molecule has 0 saturated carbocycles. The van der Waals surface area contributed by atoms with E-state index in [0.717, 1.165) is 27.8 Å². The van der Waals surface area contributed by atoms with Gasteiger partial charge in [0, 0.05) is 11.6 Å². The molecule has 0 unspecified atom stereocenters. The molecule has 0 fully saturated rings. The highest BCUT2D eigenvalue weighted by atomic mass is 19.1. The summed E-state index contributed by atoms with van der Waals surface area (Å²) >= 11 is 0. The number of hydrogen-bond donors (Lipinski definition) is 1. The summed E-state index contributed by atoms with van der Waals surface area (Å²) in [5.41, 5.74) is 4.26. The fraction of sp³-hybridized carbons (Fsp3) is 0.184. The minimum atomic E-state index is -0.761. The lowest BCUT2D eigenvalue weighted by Gasteiger charge is -2.36. The van der Waals surface area contributed by atoms with Crippen molar-refractivity contribution < 1.29 is 28.1 Å². The lowest BCUT2D eigenvalue weighted by molar-refractivity contribution is -0.144. The molecule has 0 amide bonds. The van der Waals surface area contributed by atoms with E-state index in [1.165, 1.54) is 0 Å². The predicted molar refractivity (Wildman–Crippen MR) is 174 cm³/mol. The molecular formula is C38H38FNO5. The lowest BCUT2D eigenvalue weighted by atomic mass is 9.77. The highest BCUT2D eigenvalue weighted by Crippen LogP contribution is 2.36. The number of halogens is 1. The van der Waals surface area contributed by atoms with Crippen molar-refractivity contribution in [2.45, 2.75) is 19.1 Å². The zero-order chi connectivity index (χ0) is 31.9. The van der Waals surface area contributed by atoms with E-state index in [0.29, 0.717) is 17.2 Å². The van der Waals surface area contributed by atoms with Gasteiger partial charge in [-0.2, -0.15) is 0 Å². The smallest absolute Gasteiger partial charge is 0.320 e. The summed E-state index contributed by atoms with van der Waals surface area (Å²) < 4.78 is 32.4. The topological polar surface area (TPSA) is 66.0 Å². The number of carbonyl (C=O) groups excluding carboxylic acids is 1. The quantitative estimate of drug-likeness (QED) is 0.116. The van der Waals surface area contributed by atoms with E-state index >= 15 is 0 Å². The fourth-order valence-corrected chi connectivity index (χ4v) is 4.95. The second kappa shape index (κ2) is 16.6. The molecule has 5 aromatic rings. The van der Waals surface area contributed by atoms with Gasteiger partial charge in [0.15, 0.2) is 0 Å². The molecule has 0 bridgehead atoms. The number of rotatable bonds is 12. The Bertz CT molecular complexity index is 1500. The second-order valence-corrected chi connectivity index (χ2v) is 10.1. The third-order valence-corrected chi connectivity index (χ3v) is 7.24. The van der Waals surface area contributed by atoms with Gasteiger partial charge >= 0.3 is 5.97 Å². The number of alkyl halides is 1. The standard InChI is InChI=1S/C30H29NO4.C8H9FO/c1-33-27-19-18-23(28(20-27)34-2)22-35-29(32)21-31-30(24-12-6-3-7-13-24,25-14-8-4-9-15-25)26-16-10-5-11-17-26;1-7-2-4-8(5-3-7)10-6-9/h3-20,31H,21-22H2,1-2H3;2-5H,6H2,1H3. The van der Waals surface area contributed by atoms with E-state index < -0.39 is 12.4 Å². The molecule has 5 aromatic carbocycles. The van der Waals surface area contributed by atoms with E-state index in [4.69, 9.17) is 14.2 Å². The van der Waals surface area contributed by atoms with Crippen LogP contribution in [0.3, 0.4) is 0 Å². The first kappa shape index (κ1) is 32.8. The minimum absolute atomic E-state index is 0.0111. The zero-order valence-corrected chi connectivity index (χ0v) is 25.7. The monoisotopic (exact) mass is 607 g/mol. The van der Waals surface area contributed by atoms with E-state index in [9.17, 15) is 9.18 Å². The van der Waals surface area contributed by atoms with Crippen LogP contribution in [0.25, 0.3) is 0 Å². The Morgan fingerprint density at radius 1 is 0.689 bits per heavy atom. The van der Waals surface area contributed by atoms with Crippen molar-refractivity contribution in [2.75, 3.05) is 27.6 Å². The molecule has 0 aliphatic heterocycles. The van der Waals surface area contributed by atoms with Crippen LogP contribution >= 0.6 is 0 Å². The van der Waals surface area contributed by atoms with Crippen molar-refractivity contribution in [3.8, 4) is 17.2 Å². The Hall–Kier alpha value is -5.14. The van der Waals surface area contributed by atoms with E-state index in [-0.39, 0.29) is 19.1 Å². The second-order valence-electron chi connectivity index (χ2n) is 10.1. The van der Waals surface area contributed by atoms with Crippen molar-refractivity contribution in [3.05, 3.63) is 161 Å². The summed E-state index contributed by atoms with van der Waals surface area (Å²) in [4.78, 5) is 12.9. The van der Waals surface area contributed by atoms with Crippen molar-refractivity contribution in [3.63, 3.8) is 0 Å². The molecule has 0 aromatic heterocycles. The average Bonchev–Trinajstić information content (AvgIpc) is 3.10. The third kappa shape index (κ3) is 8.71. The van der Waals surface area contributed by atoms with Gasteiger partial charge in [-0.1, -0.05) is 109 Å². The summed E-state index contributed by atoms with van der Waals surface area (Å²) in [6, 6.07) is 43.1. The van der Waals surface area contributed by atoms with Crippen molar-refractivity contribution in [1.82, 2.24) is 5.32 Å². The average molecular weight is 608 g/mol. The summed E-state index contributed by atoms with van der Waals surface area (Å²) in [5, 5.41) is 3.54. The van der Waals surface area contributed by atoms with Crippen LogP contribution in [-0.2, 0) is 21.7 Å². The summed E-state index contributed by atoms with van der Waals surface area (Å²) in [6.45, 7) is 1.32. The molecular weight excluding hydrogens is 569 g/mol. The van der Waals surface area contributed by atoms with Crippen LogP contribution in [0.5, 0.6) is 17.2 Å². The van der Waals surface area contributed by atoms with Gasteiger partial charge < -0.3 is 18.9 Å². The van der Waals surface area contributed by atoms with Crippen molar-refractivity contribution >= 4 is 5.97 Å². The fourth-order valence-electron chi connectivity index (χ4n) is 4.95. The Kier molecular flexibility index (Phi) is 12.1. The first-order valence-electron chi connectivity index (χ1n) is 14.5. The Morgan fingerprint density at radius 2 is 1.20 bits per heavy atom. The Balaban J connectivity index is 0.000000392. The molecule has 1 N–H and O–H groups in total. The van der Waals surface area contributed by atoms with Crippen LogP contribution in [0, 0.1) is 6.92 Å². The highest BCUT2D eigenvalue weighted by molar-refractivity contribution is 5.72. The summed E-state index contributed by atoms with van der Waals surface area (Å²) in [6.07, 6.45) is 0. The van der Waals surface area contributed by atoms with E-state index in [1.54, 1.807) is 32.4 Å². The largest absolute Gasteiger partial charge is 0.497 e. The van der Waals surface area contributed by atoms with E-state index in [1.807, 2.05) is 85.8 Å². The molecule has 5 rings (SSSR count). The van der Waals surface area contributed by atoms with Crippen LogP contribution in [0.1, 0.15) is 27.8 Å². The van der Waals surface area contributed by atoms with Gasteiger partial charge in [-0.15, -0.1) is 0 Å². The summed E-state index contributed by atoms with van der Waals surface area (Å²) in [7, 11) is 3.17. The normalized spacial score (nSPS) is 10.7. The highest BCUT2D eigenvalue weighted by Gasteiger charge is 2.36. The number of benzene rings is 5. The molecule has 232 valence electrons. The predicted octanol–water partition coefficient (Wildman–Crippen LogP) is 7.63. The number of methoxy groups -OCH3 is 2. The maximum absolute atomic E-state index is 12.9. The lowest BCUT2D eigenvalue weighted by Crippen LogP contribution is -2.47. The third-order valence-electron chi connectivity index (χ3n) is 7.24. The van der Waals surface area contributed by atoms with Gasteiger partial charge in [0.05, 0.1) is 26.3 Å². The van der Waals surface area contributed by atoms with Gasteiger partial charge in [0.25, 0.3) is 0 Å². The number of nitrogens with one attached hydrogen (secondary N) is 1. The molecule has 0 aliphatic carbocycles. The van der Waals surface area contributed by atoms with Gasteiger partial charge in [-0.3, -0.25) is 10.1 Å². The molecule has 0 aliphatic rings. The molecule has 0 heterocycles. The van der Waals surface area contributed by atoms with Crippen LogP contribution in [0.2, 0.25) is 0 Å². The molecule has 0 spiro atoms. The molecule has 0 saturated heterocycles. The number of hydrogen-bond acceptors (Lipinski definition) is 6. The SMILES string of the molecule is COc1ccc(COC(=O)CNC(c2ccccc2)(c2ccccc2)c2ccccc2)c(OC)c1.Cc1ccc(OCF)cc1. The zero-order valence-electron chi connectivity index (χ0n) is 25.7. The van der Waals surface area contributed by atoms with Gasteiger partial charge in [0.2, 0.25) is 6.86 Å². The number of aryl methyl sites for hydroxylation is 1. The number of ether oxygens (including phenoxy) is 4. The van der Waals surface area contributed by atoms with Crippen LogP contribution in [-0.4, -0.2) is 33.6 Å². The molecule has 0 radical (unpaired) electrons. The van der Waals surface area contributed by atoms with Crippen molar-refractivity contribution in [2.24, 2.45) is 0 Å². The van der Waals surface area contributed by atoms with Crippen LogP contribution in [0.4, 0.5) is 4.39 Å². The maximum atomic E-state index is 12.9. The molecule has 6 nitrogen and oxygen atoms in total. The Morgan fingerprint density at radius 3 is 1.67 bits per heavy atom. The summed E-state index contributed by atoms with van der Waals surface area (Å²) in [5.74, 6) is 1.50. The van der Waals surface area contributed by atoms with Gasteiger partial charge in [-0.05, 0) is 47.9 Å². The number of esters is 1. The minimum Gasteiger partial charge on any atom is -0.497 e. The van der Waals surface area contributed by atoms with Crippen LogP contribution in [0.15, 0.2) is 133 Å². The molecule has 45 heavy (non-hydrogen) atoms. The van der Waals surface area contributed by atoms with Crippen molar-refractivity contribution in [1.29, 1.82) is 0 Å².